The van der Waals surface area contributed by atoms with Crippen molar-refractivity contribution in [1.82, 2.24) is 25.3 Å². The predicted octanol–water partition coefficient (Wildman–Crippen LogP) is 2.17. The van der Waals surface area contributed by atoms with Crippen molar-refractivity contribution in [3.8, 4) is 5.88 Å². The van der Waals surface area contributed by atoms with Crippen LogP contribution in [0.2, 0.25) is 0 Å². The second kappa shape index (κ2) is 9.26. The van der Waals surface area contributed by atoms with E-state index in [1.54, 1.807) is 30.6 Å². The summed E-state index contributed by atoms with van der Waals surface area (Å²) in [6.07, 6.45) is 3.28. The van der Waals surface area contributed by atoms with Crippen LogP contribution >= 0.6 is 0 Å². The van der Waals surface area contributed by atoms with Gasteiger partial charge in [-0.05, 0) is 31.2 Å². The van der Waals surface area contributed by atoms with Crippen LogP contribution in [0.4, 0.5) is 17.5 Å². The van der Waals surface area contributed by atoms with Crippen molar-refractivity contribution < 1.29 is 9.53 Å². The van der Waals surface area contributed by atoms with Gasteiger partial charge in [0.2, 0.25) is 5.88 Å². The van der Waals surface area contributed by atoms with E-state index in [-0.39, 0.29) is 5.91 Å². The zero-order chi connectivity index (χ0) is 19.8. The Labute approximate surface area is 162 Å². The molecule has 0 saturated carbocycles. The van der Waals surface area contributed by atoms with Gasteiger partial charge in [-0.1, -0.05) is 6.07 Å². The minimum atomic E-state index is -0.247. The van der Waals surface area contributed by atoms with Crippen molar-refractivity contribution in [1.29, 1.82) is 0 Å². The van der Waals surface area contributed by atoms with E-state index in [2.05, 4.69) is 35.9 Å². The molecule has 0 atom stereocenters. The molecule has 3 heterocycles. The molecule has 0 saturated heterocycles. The van der Waals surface area contributed by atoms with Gasteiger partial charge in [0.1, 0.15) is 28.8 Å². The summed E-state index contributed by atoms with van der Waals surface area (Å²) in [6.45, 7) is 2.71. The SMILES string of the molecule is COc1ncccc1C(=O)NCCNc1cc(Nc2ccccn2)nc(C)n1. The summed E-state index contributed by atoms with van der Waals surface area (Å²) in [7, 11) is 1.48. The summed E-state index contributed by atoms with van der Waals surface area (Å²) < 4.78 is 5.10. The number of nitrogens with zero attached hydrogens (tertiary/aromatic N) is 4. The molecular formula is C19H21N7O2. The molecule has 144 valence electrons. The van der Waals surface area contributed by atoms with Crippen molar-refractivity contribution in [2.24, 2.45) is 0 Å². The number of aromatic nitrogens is 4. The minimum Gasteiger partial charge on any atom is -0.480 e. The summed E-state index contributed by atoms with van der Waals surface area (Å²) in [5.74, 6) is 2.65. The Morgan fingerprint density at radius 1 is 1.00 bits per heavy atom. The van der Waals surface area contributed by atoms with Crippen molar-refractivity contribution in [2.75, 3.05) is 30.8 Å². The van der Waals surface area contributed by atoms with Gasteiger partial charge in [-0.25, -0.2) is 19.9 Å². The number of carbonyl (C=O) groups excluding carboxylic acids is 1. The van der Waals surface area contributed by atoms with Crippen molar-refractivity contribution in [2.45, 2.75) is 6.92 Å². The number of aryl methyl sites for hydroxylation is 1. The average molecular weight is 379 g/mol. The molecule has 3 aromatic heterocycles. The topological polar surface area (TPSA) is 114 Å². The lowest BCUT2D eigenvalue weighted by molar-refractivity contribution is 0.0951. The number of carbonyl (C=O) groups is 1. The third-order valence-corrected chi connectivity index (χ3v) is 3.68. The van der Waals surface area contributed by atoms with Gasteiger partial charge in [0, 0.05) is 31.5 Å². The fourth-order valence-corrected chi connectivity index (χ4v) is 2.48. The van der Waals surface area contributed by atoms with Crippen LogP contribution in [0.15, 0.2) is 48.8 Å². The van der Waals surface area contributed by atoms with E-state index in [4.69, 9.17) is 4.74 Å². The van der Waals surface area contributed by atoms with Crippen LogP contribution in [0.3, 0.4) is 0 Å². The number of methoxy groups -OCH3 is 1. The van der Waals surface area contributed by atoms with Gasteiger partial charge in [-0.15, -0.1) is 0 Å². The lowest BCUT2D eigenvalue weighted by atomic mass is 10.2. The molecule has 0 unspecified atom stereocenters. The smallest absolute Gasteiger partial charge is 0.256 e. The zero-order valence-corrected chi connectivity index (χ0v) is 15.6. The number of amides is 1. The molecule has 3 N–H and O–H groups in total. The predicted molar refractivity (Wildman–Crippen MR) is 106 cm³/mol. The van der Waals surface area contributed by atoms with E-state index in [0.717, 1.165) is 0 Å². The molecule has 0 aliphatic carbocycles. The summed E-state index contributed by atoms with van der Waals surface area (Å²) in [4.78, 5) is 29.2. The number of anilines is 3. The number of hydrogen-bond donors (Lipinski definition) is 3. The second-order valence-corrected chi connectivity index (χ2v) is 5.77. The molecule has 0 spiro atoms. The molecular weight excluding hydrogens is 358 g/mol. The zero-order valence-electron chi connectivity index (χ0n) is 15.6. The molecule has 0 aliphatic rings. The van der Waals surface area contributed by atoms with Crippen LogP contribution in [-0.2, 0) is 0 Å². The third kappa shape index (κ3) is 5.13. The lowest BCUT2D eigenvalue weighted by Gasteiger charge is -2.11. The molecule has 3 rings (SSSR count). The van der Waals surface area contributed by atoms with Crippen LogP contribution in [0.1, 0.15) is 16.2 Å². The summed E-state index contributed by atoms with van der Waals surface area (Å²) >= 11 is 0. The molecule has 0 fully saturated rings. The van der Waals surface area contributed by atoms with Crippen molar-refractivity contribution in [3.05, 3.63) is 60.2 Å². The van der Waals surface area contributed by atoms with Crippen LogP contribution in [0, 0.1) is 6.92 Å². The van der Waals surface area contributed by atoms with Gasteiger partial charge in [0.15, 0.2) is 0 Å². The Morgan fingerprint density at radius 2 is 1.82 bits per heavy atom. The third-order valence-electron chi connectivity index (χ3n) is 3.68. The van der Waals surface area contributed by atoms with Crippen LogP contribution in [0.5, 0.6) is 5.88 Å². The van der Waals surface area contributed by atoms with E-state index in [1.165, 1.54) is 7.11 Å². The Kier molecular flexibility index (Phi) is 6.29. The Hall–Kier alpha value is -3.75. The Bertz CT molecular complexity index is 935. The second-order valence-electron chi connectivity index (χ2n) is 5.77. The number of hydrogen-bond acceptors (Lipinski definition) is 8. The fourth-order valence-electron chi connectivity index (χ4n) is 2.48. The maximum Gasteiger partial charge on any atom is 0.256 e. The molecule has 9 nitrogen and oxygen atoms in total. The van der Waals surface area contributed by atoms with Gasteiger partial charge < -0.3 is 20.7 Å². The van der Waals surface area contributed by atoms with Gasteiger partial charge in [-0.3, -0.25) is 4.79 Å². The first kappa shape index (κ1) is 19.0. The fraction of sp³-hybridized carbons (Fsp3) is 0.211. The molecule has 3 aromatic rings. The highest BCUT2D eigenvalue weighted by Gasteiger charge is 2.12. The quantitative estimate of drug-likeness (QED) is 0.510. The Morgan fingerprint density at radius 3 is 2.61 bits per heavy atom. The van der Waals surface area contributed by atoms with E-state index >= 15 is 0 Å². The lowest BCUT2D eigenvalue weighted by Crippen LogP contribution is -2.29. The number of nitrogens with one attached hydrogen (secondary N) is 3. The van der Waals surface area contributed by atoms with Crippen molar-refractivity contribution >= 4 is 23.4 Å². The molecule has 1 amide bonds. The number of pyridine rings is 2. The maximum absolute atomic E-state index is 12.2. The number of ether oxygens (including phenoxy) is 1. The first-order valence-corrected chi connectivity index (χ1v) is 8.70. The van der Waals surface area contributed by atoms with Gasteiger partial charge in [-0.2, -0.15) is 0 Å². The van der Waals surface area contributed by atoms with E-state index < -0.39 is 0 Å². The van der Waals surface area contributed by atoms with Gasteiger partial charge in [0.25, 0.3) is 5.91 Å². The molecule has 0 radical (unpaired) electrons. The molecule has 9 heteroatoms. The summed E-state index contributed by atoms with van der Waals surface area (Å²) in [6, 6.07) is 10.7. The van der Waals surface area contributed by atoms with Gasteiger partial charge >= 0.3 is 0 Å². The largest absolute Gasteiger partial charge is 0.480 e. The van der Waals surface area contributed by atoms with E-state index in [1.807, 2.05) is 25.1 Å². The molecule has 28 heavy (non-hydrogen) atoms. The van der Waals surface area contributed by atoms with Crippen LogP contribution in [0.25, 0.3) is 0 Å². The first-order valence-electron chi connectivity index (χ1n) is 8.70. The highest BCUT2D eigenvalue weighted by atomic mass is 16.5. The van der Waals surface area contributed by atoms with Crippen LogP contribution < -0.4 is 20.7 Å². The maximum atomic E-state index is 12.2. The molecule has 0 bridgehead atoms. The highest BCUT2D eigenvalue weighted by molar-refractivity contribution is 5.96. The summed E-state index contributed by atoms with van der Waals surface area (Å²) in [5, 5.41) is 9.13. The normalized spacial score (nSPS) is 10.2. The van der Waals surface area contributed by atoms with E-state index in [9.17, 15) is 4.79 Å². The standard InChI is InChI=1S/C19H21N7O2/c1-13-24-16(12-17(25-13)26-15-7-3-4-8-20-15)21-10-11-22-18(27)14-6-5-9-23-19(14)28-2/h3-9,12H,10-11H2,1-2H3,(H,22,27)(H2,20,21,24,25,26). The van der Waals surface area contributed by atoms with Gasteiger partial charge in [0.05, 0.1) is 7.11 Å². The first-order chi connectivity index (χ1) is 13.7. The molecule has 0 aromatic carbocycles. The molecule has 0 aliphatic heterocycles. The van der Waals surface area contributed by atoms with E-state index in [0.29, 0.717) is 47.8 Å². The van der Waals surface area contributed by atoms with Crippen LogP contribution in [-0.4, -0.2) is 46.0 Å². The monoisotopic (exact) mass is 379 g/mol. The highest BCUT2D eigenvalue weighted by Crippen LogP contribution is 2.15. The number of rotatable bonds is 8. The summed E-state index contributed by atoms with van der Waals surface area (Å²) in [5.41, 5.74) is 0.393. The minimum absolute atomic E-state index is 0.247. The Balaban J connectivity index is 1.54. The average Bonchev–Trinajstić information content (AvgIpc) is 2.71. The van der Waals surface area contributed by atoms with Crippen molar-refractivity contribution in [3.63, 3.8) is 0 Å².